The smallest absolute Gasteiger partial charge is 0.338 e. The van der Waals surface area contributed by atoms with Gasteiger partial charge in [0.25, 0.3) is 0 Å². The second-order valence-electron chi connectivity index (χ2n) is 9.90. The predicted octanol–water partition coefficient (Wildman–Crippen LogP) is 3.21. The first-order valence-electron chi connectivity index (χ1n) is 12.8. The molecule has 2 unspecified atom stereocenters. The number of urea groups is 1. The molecule has 0 radical (unpaired) electrons. The van der Waals surface area contributed by atoms with Crippen molar-refractivity contribution in [3.05, 3.63) is 76.5 Å². The van der Waals surface area contributed by atoms with E-state index < -0.39 is 22.0 Å². The lowest BCUT2D eigenvalue weighted by molar-refractivity contribution is -0.139. The molecular formula is C28H36N4O5S. The summed E-state index contributed by atoms with van der Waals surface area (Å²) in [5, 5.41) is 2.98. The van der Waals surface area contributed by atoms with Crippen LogP contribution in [0.15, 0.2) is 64.7 Å². The monoisotopic (exact) mass is 540 g/mol. The number of aryl methyl sites for hydroxylation is 2. The zero-order chi connectivity index (χ0) is 27.6. The molecule has 9 nitrogen and oxygen atoms in total. The van der Waals surface area contributed by atoms with Gasteiger partial charge in [-0.25, -0.2) is 18.0 Å². The van der Waals surface area contributed by atoms with Crippen LogP contribution in [0.25, 0.3) is 0 Å². The van der Waals surface area contributed by atoms with Crippen LogP contribution in [0.3, 0.4) is 0 Å². The van der Waals surface area contributed by atoms with E-state index in [4.69, 9.17) is 4.74 Å². The first-order chi connectivity index (χ1) is 18.0. The van der Waals surface area contributed by atoms with Gasteiger partial charge in [0.15, 0.2) is 0 Å². The van der Waals surface area contributed by atoms with E-state index in [2.05, 4.69) is 10.2 Å². The van der Waals surface area contributed by atoms with E-state index in [1.807, 2.05) is 39.0 Å². The van der Waals surface area contributed by atoms with E-state index in [1.54, 1.807) is 44.3 Å². The molecule has 38 heavy (non-hydrogen) atoms. The van der Waals surface area contributed by atoms with Crippen LogP contribution in [0.5, 0.6) is 0 Å². The van der Waals surface area contributed by atoms with Crippen molar-refractivity contribution in [2.45, 2.75) is 44.7 Å². The van der Waals surface area contributed by atoms with Crippen molar-refractivity contribution in [2.24, 2.45) is 0 Å². The summed E-state index contributed by atoms with van der Waals surface area (Å²) in [4.78, 5) is 30.2. The zero-order valence-electron chi connectivity index (χ0n) is 22.6. The third-order valence-corrected chi connectivity index (χ3v) is 9.22. The summed E-state index contributed by atoms with van der Waals surface area (Å²) in [5.74, 6) is -0.474. The number of hydrogen-bond donors (Lipinski definition) is 1. The van der Waals surface area contributed by atoms with E-state index >= 15 is 0 Å². The zero-order valence-corrected chi connectivity index (χ0v) is 23.4. The molecule has 2 aliphatic heterocycles. The highest BCUT2D eigenvalue weighted by atomic mass is 32.2. The highest BCUT2D eigenvalue weighted by Gasteiger charge is 2.40. The van der Waals surface area contributed by atoms with Crippen LogP contribution in [0.4, 0.5) is 4.79 Å². The second kappa shape index (κ2) is 11.3. The Hall–Kier alpha value is -3.21. The number of nitrogens with one attached hydrogen (secondary N) is 1. The number of amides is 2. The standard InChI is InChI=1S/C28H36N4O5S/c1-6-37-27(33)25-24(30(5)28(34)29-26(25)23-16-19(2)12-13-20(23)3)18-31-14-15-32(21(4)17-31)38(35,36)22-10-8-7-9-11-22/h7-13,16,21,26H,6,14-15,17-18H2,1-5H3,(H,29,34). The molecular weight excluding hydrogens is 504 g/mol. The lowest BCUT2D eigenvalue weighted by Crippen LogP contribution is -2.56. The number of likely N-dealkylation sites (N-methyl/N-ethyl adjacent to an activating group) is 1. The van der Waals surface area contributed by atoms with E-state index in [0.717, 1.165) is 16.7 Å². The van der Waals surface area contributed by atoms with Crippen molar-refractivity contribution >= 4 is 22.0 Å². The van der Waals surface area contributed by atoms with E-state index in [0.29, 0.717) is 37.4 Å². The molecule has 2 atom stereocenters. The maximum absolute atomic E-state index is 13.3. The van der Waals surface area contributed by atoms with Crippen molar-refractivity contribution in [3.8, 4) is 0 Å². The first-order valence-corrected chi connectivity index (χ1v) is 14.3. The molecule has 0 aromatic heterocycles. The molecule has 2 aromatic carbocycles. The van der Waals surface area contributed by atoms with Gasteiger partial charge >= 0.3 is 12.0 Å². The van der Waals surface area contributed by atoms with Gasteiger partial charge < -0.3 is 10.1 Å². The van der Waals surface area contributed by atoms with Gasteiger partial charge in [0.1, 0.15) is 0 Å². The number of carbonyl (C=O) groups excluding carboxylic acids is 2. The molecule has 2 aliphatic rings. The molecule has 0 bridgehead atoms. The van der Waals surface area contributed by atoms with Crippen LogP contribution in [0.1, 0.15) is 36.6 Å². The Kier molecular flexibility index (Phi) is 8.25. The summed E-state index contributed by atoms with van der Waals surface area (Å²) in [6.45, 7) is 9.29. The van der Waals surface area contributed by atoms with Gasteiger partial charge in [0.2, 0.25) is 10.0 Å². The normalized spacial score (nSPS) is 21.4. The molecule has 0 saturated carbocycles. The number of piperazine rings is 1. The van der Waals surface area contributed by atoms with Crippen LogP contribution in [0, 0.1) is 13.8 Å². The van der Waals surface area contributed by atoms with Crippen LogP contribution < -0.4 is 5.32 Å². The largest absolute Gasteiger partial charge is 0.463 e. The minimum Gasteiger partial charge on any atom is -0.463 e. The van der Waals surface area contributed by atoms with Crippen LogP contribution in [0.2, 0.25) is 0 Å². The van der Waals surface area contributed by atoms with E-state index in [1.165, 1.54) is 9.21 Å². The van der Waals surface area contributed by atoms with Crippen LogP contribution in [-0.2, 0) is 19.6 Å². The number of hydrogen-bond acceptors (Lipinski definition) is 6. The number of carbonyl (C=O) groups is 2. The summed E-state index contributed by atoms with van der Waals surface area (Å²) in [5.41, 5.74) is 3.78. The second-order valence-corrected chi connectivity index (χ2v) is 11.8. The number of nitrogens with zero attached hydrogens (tertiary/aromatic N) is 3. The average molecular weight is 541 g/mol. The van der Waals surface area contributed by atoms with Gasteiger partial charge in [-0.15, -0.1) is 0 Å². The van der Waals surface area contributed by atoms with Gasteiger partial charge in [0.05, 0.1) is 23.1 Å². The molecule has 204 valence electrons. The summed E-state index contributed by atoms with van der Waals surface area (Å²) < 4.78 is 33.5. The lowest BCUT2D eigenvalue weighted by Gasteiger charge is -2.41. The summed E-state index contributed by atoms with van der Waals surface area (Å²) in [7, 11) is -1.98. The van der Waals surface area contributed by atoms with Crippen LogP contribution >= 0.6 is 0 Å². The van der Waals surface area contributed by atoms with E-state index in [9.17, 15) is 18.0 Å². The summed E-state index contributed by atoms with van der Waals surface area (Å²) in [6.07, 6.45) is 0. The molecule has 1 saturated heterocycles. The Morgan fingerprint density at radius 3 is 2.47 bits per heavy atom. The van der Waals surface area contributed by atoms with Gasteiger partial charge in [0, 0.05) is 45.0 Å². The Bertz CT molecular complexity index is 1340. The molecule has 2 aromatic rings. The highest BCUT2D eigenvalue weighted by Crippen LogP contribution is 2.34. The molecule has 10 heteroatoms. The molecule has 4 rings (SSSR count). The molecule has 1 fully saturated rings. The Morgan fingerprint density at radius 1 is 1.11 bits per heavy atom. The van der Waals surface area contributed by atoms with Crippen molar-refractivity contribution in [1.29, 1.82) is 0 Å². The van der Waals surface area contributed by atoms with Crippen molar-refractivity contribution < 1.29 is 22.7 Å². The third kappa shape index (κ3) is 5.48. The summed E-state index contributed by atoms with van der Waals surface area (Å²) >= 11 is 0. The molecule has 2 amide bonds. The maximum Gasteiger partial charge on any atom is 0.338 e. The predicted molar refractivity (Wildman–Crippen MR) is 145 cm³/mol. The summed E-state index contributed by atoms with van der Waals surface area (Å²) in [6, 6.07) is 13.1. The lowest BCUT2D eigenvalue weighted by atomic mass is 9.90. The molecule has 0 spiro atoms. The number of esters is 1. The van der Waals surface area contributed by atoms with Gasteiger partial charge in [-0.1, -0.05) is 42.0 Å². The number of sulfonamides is 1. The van der Waals surface area contributed by atoms with Crippen molar-refractivity contribution in [1.82, 2.24) is 19.4 Å². The fourth-order valence-corrected chi connectivity index (χ4v) is 6.79. The quantitative estimate of drug-likeness (QED) is 0.542. The number of rotatable bonds is 7. The van der Waals surface area contributed by atoms with Gasteiger partial charge in [-0.3, -0.25) is 9.80 Å². The van der Waals surface area contributed by atoms with Gasteiger partial charge in [-0.2, -0.15) is 4.31 Å². The van der Waals surface area contributed by atoms with Gasteiger partial charge in [-0.05, 0) is 51.0 Å². The molecule has 2 heterocycles. The van der Waals surface area contributed by atoms with Crippen LogP contribution in [-0.4, -0.2) is 80.4 Å². The maximum atomic E-state index is 13.3. The average Bonchev–Trinajstić information content (AvgIpc) is 2.88. The Morgan fingerprint density at radius 2 is 1.82 bits per heavy atom. The minimum atomic E-state index is -3.63. The molecule has 0 aliphatic carbocycles. The number of benzene rings is 2. The number of ether oxygens (including phenoxy) is 1. The van der Waals surface area contributed by atoms with Crippen molar-refractivity contribution in [3.63, 3.8) is 0 Å². The highest BCUT2D eigenvalue weighted by molar-refractivity contribution is 7.89. The molecule has 1 N–H and O–H groups in total. The Balaban J connectivity index is 1.66. The third-order valence-electron chi connectivity index (χ3n) is 7.19. The minimum absolute atomic E-state index is 0.208. The first kappa shape index (κ1) is 27.8. The van der Waals surface area contributed by atoms with E-state index in [-0.39, 0.29) is 23.6 Å². The fourth-order valence-electron chi connectivity index (χ4n) is 5.16. The fraction of sp³-hybridized carbons (Fsp3) is 0.429. The SMILES string of the molecule is CCOC(=O)C1=C(CN2CCN(S(=O)(=O)c3ccccc3)C(C)C2)N(C)C(=O)NC1c1cc(C)ccc1C. The Labute approximate surface area is 225 Å². The van der Waals surface area contributed by atoms with Crippen molar-refractivity contribution in [2.75, 3.05) is 39.8 Å². The topological polar surface area (TPSA) is 99.3 Å².